The Bertz CT molecular complexity index is 992. The van der Waals surface area contributed by atoms with Crippen molar-refractivity contribution in [2.45, 2.75) is 20.4 Å². The maximum atomic E-state index is 12.7. The molecule has 1 heterocycles. The van der Waals surface area contributed by atoms with Crippen LogP contribution in [0, 0.1) is 0 Å². The van der Waals surface area contributed by atoms with Crippen molar-refractivity contribution < 1.29 is 23.7 Å². The molecule has 3 rings (SSSR count). The third kappa shape index (κ3) is 6.99. The van der Waals surface area contributed by atoms with Crippen molar-refractivity contribution in [2.24, 2.45) is 0 Å². The minimum absolute atomic E-state index is 0.220. The fourth-order valence-corrected chi connectivity index (χ4v) is 2.92. The molecule has 0 saturated heterocycles. The minimum atomic E-state index is -0.220. The number of carbonyl (C=O) groups excluding carboxylic acids is 1. The Morgan fingerprint density at radius 1 is 0.906 bits per heavy atom. The van der Waals surface area contributed by atoms with Crippen LogP contribution in [0.4, 0.5) is 0 Å². The maximum absolute atomic E-state index is 12.7. The first kappa shape index (κ1) is 23.1. The number of ether oxygens (including phenoxy) is 4. The molecule has 0 radical (unpaired) electrons. The van der Waals surface area contributed by atoms with Gasteiger partial charge in [-0.3, -0.25) is 4.79 Å². The van der Waals surface area contributed by atoms with Gasteiger partial charge in [0.15, 0.2) is 0 Å². The summed E-state index contributed by atoms with van der Waals surface area (Å²) in [5.41, 5.74) is 1.34. The average molecular weight is 437 g/mol. The predicted molar refractivity (Wildman–Crippen MR) is 122 cm³/mol. The van der Waals surface area contributed by atoms with Gasteiger partial charge in [0.05, 0.1) is 18.8 Å². The molecule has 0 saturated carbocycles. The monoisotopic (exact) mass is 436 g/mol. The van der Waals surface area contributed by atoms with E-state index in [0.29, 0.717) is 55.9 Å². The molecule has 168 valence electrons. The second-order valence-corrected chi connectivity index (χ2v) is 6.73. The maximum Gasteiger partial charge on any atom is 0.255 e. The summed E-state index contributed by atoms with van der Waals surface area (Å²) in [4.78, 5) is 17.0. The van der Waals surface area contributed by atoms with E-state index in [1.165, 1.54) is 0 Å². The number of rotatable bonds is 12. The molecule has 2 aromatic carbocycles. The summed E-state index contributed by atoms with van der Waals surface area (Å²) in [7, 11) is 0. The molecule has 7 nitrogen and oxygen atoms in total. The van der Waals surface area contributed by atoms with Gasteiger partial charge in [-0.15, -0.1) is 0 Å². The molecule has 0 aliphatic rings. The molecular formula is C25H28N2O5. The number of amides is 1. The van der Waals surface area contributed by atoms with Gasteiger partial charge in [0.2, 0.25) is 5.88 Å². The normalized spacial score (nSPS) is 10.4. The summed E-state index contributed by atoms with van der Waals surface area (Å²) in [6, 6.07) is 18.1. The molecule has 0 aliphatic heterocycles. The van der Waals surface area contributed by atoms with Gasteiger partial charge >= 0.3 is 0 Å². The summed E-state index contributed by atoms with van der Waals surface area (Å²) < 4.78 is 22.2. The van der Waals surface area contributed by atoms with E-state index >= 15 is 0 Å². The van der Waals surface area contributed by atoms with Gasteiger partial charge in [-0.1, -0.05) is 12.1 Å². The van der Waals surface area contributed by atoms with E-state index in [2.05, 4.69) is 10.3 Å². The fraction of sp³-hybridized carbons (Fsp3) is 0.280. The van der Waals surface area contributed by atoms with E-state index in [1.807, 2.05) is 50.2 Å². The first-order valence-electron chi connectivity index (χ1n) is 10.6. The third-order valence-electron chi connectivity index (χ3n) is 4.43. The van der Waals surface area contributed by atoms with E-state index < -0.39 is 0 Å². The number of nitrogens with one attached hydrogen (secondary N) is 1. The van der Waals surface area contributed by atoms with Gasteiger partial charge < -0.3 is 24.3 Å². The van der Waals surface area contributed by atoms with E-state index in [9.17, 15) is 4.79 Å². The molecule has 0 bridgehead atoms. The first-order valence-corrected chi connectivity index (χ1v) is 10.6. The summed E-state index contributed by atoms with van der Waals surface area (Å²) in [5, 5.41) is 2.92. The summed E-state index contributed by atoms with van der Waals surface area (Å²) in [6.45, 7) is 6.28. The van der Waals surface area contributed by atoms with E-state index in [4.69, 9.17) is 18.9 Å². The Morgan fingerprint density at radius 3 is 2.47 bits per heavy atom. The molecule has 0 fully saturated rings. The van der Waals surface area contributed by atoms with Crippen LogP contribution in [0.5, 0.6) is 23.1 Å². The number of hydrogen-bond donors (Lipinski definition) is 1. The van der Waals surface area contributed by atoms with E-state index in [0.717, 1.165) is 11.3 Å². The number of carbonyl (C=O) groups is 1. The Labute approximate surface area is 188 Å². The molecule has 7 heteroatoms. The minimum Gasteiger partial charge on any atom is -0.494 e. The zero-order chi connectivity index (χ0) is 22.6. The Morgan fingerprint density at radius 2 is 1.69 bits per heavy atom. The number of nitrogens with zero attached hydrogens (tertiary/aromatic N) is 1. The highest BCUT2D eigenvalue weighted by atomic mass is 16.5. The number of pyridine rings is 1. The standard InChI is InChI=1S/C25H28N2O5/c1-3-29-15-16-31-23-8-6-5-7-22(23)25(28)27-18-19-13-14-26-24(17-19)32-21-11-9-20(10-12-21)30-4-2/h5-14,17H,3-4,15-16,18H2,1-2H3,(H,27,28). The summed E-state index contributed by atoms with van der Waals surface area (Å²) in [5.74, 6) is 2.19. The van der Waals surface area contributed by atoms with Crippen LogP contribution in [0.2, 0.25) is 0 Å². The largest absolute Gasteiger partial charge is 0.494 e. The van der Waals surface area contributed by atoms with E-state index in [-0.39, 0.29) is 5.91 Å². The van der Waals surface area contributed by atoms with Crippen LogP contribution in [-0.2, 0) is 11.3 Å². The number of hydrogen-bond acceptors (Lipinski definition) is 6. The van der Waals surface area contributed by atoms with Crippen LogP contribution in [-0.4, -0.2) is 37.3 Å². The van der Waals surface area contributed by atoms with Crippen molar-refractivity contribution >= 4 is 5.91 Å². The van der Waals surface area contributed by atoms with Crippen molar-refractivity contribution in [1.29, 1.82) is 0 Å². The van der Waals surface area contributed by atoms with Gasteiger partial charge in [-0.25, -0.2) is 4.98 Å². The third-order valence-corrected chi connectivity index (χ3v) is 4.43. The number of aromatic nitrogens is 1. The quantitative estimate of drug-likeness (QED) is 0.418. The van der Waals surface area contributed by atoms with Gasteiger partial charge in [0.1, 0.15) is 23.9 Å². The highest BCUT2D eigenvalue weighted by molar-refractivity contribution is 5.96. The zero-order valence-corrected chi connectivity index (χ0v) is 18.4. The van der Waals surface area contributed by atoms with Crippen LogP contribution in [0.25, 0.3) is 0 Å². The smallest absolute Gasteiger partial charge is 0.255 e. The number of para-hydroxylation sites is 1. The highest BCUT2D eigenvalue weighted by Gasteiger charge is 2.12. The van der Waals surface area contributed by atoms with Gasteiger partial charge in [0.25, 0.3) is 5.91 Å². The summed E-state index contributed by atoms with van der Waals surface area (Å²) >= 11 is 0. The highest BCUT2D eigenvalue weighted by Crippen LogP contribution is 2.23. The SMILES string of the molecule is CCOCCOc1ccccc1C(=O)NCc1ccnc(Oc2ccc(OCC)cc2)c1. The topological polar surface area (TPSA) is 78.9 Å². The predicted octanol–water partition coefficient (Wildman–Crippen LogP) is 4.62. The Balaban J connectivity index is 1.57. The van der Waals surface area contributed by atoms with Gasteiger partial charge in [-0.2, -0.15) is 0 Å². The molecule has 0 atom stereocenters. The summed E-state index contributed by atoms with van der Waals surface area (Å²) in [6.07, 6.45) is 1.65. The van der Waals surface area contributed by atoms with Crippen LogP contribution in [0.1, 0.15) is 29.8 Å². The molecule has 32 heavy (non-hydrogen) atoms. The van der Waals surface area contributed by atoms with Crippen LogP contribution in [0.3, 0.4) is 0 Å². The van der Waals surface area contributed by atoms with Crippen molar-refractivity contribution in [3.05, 3.63) is 78.0 Å². The molecule has 1 N–H and O–H groups in total. The molecular weight excluding hydrogens is 408 g/mol. The second kappa shape index (κ2) is 12.3. The van der Waals surface area contributed by atoms with Gasteiger partial charge in [-0.05, 0) is 61.9 Å². The Hall–Kier alpha value is -3.58. The van der Waals surface area contributed by atoms with E-state index in [1.54, 1.807) is 30.5 Å². The van der Waals surface area contributed by atoms with Crippen molar-refractivity contribution in [3.63, 3.8) is 0 Å². The number of benzene rings is 2. The molecule has 1 amide bonds. The molecule has 0 aliphatic carbocycles. The van der Waals surface area contributed by atoms with Crippen LogP contribution in [0.15, 0.2) is 66.9 Å². The molecule has 1 aromatic heterocycles. The van der Waals surface area contributed by atoms with Crippen molar-refractivity contribution in [1.82, 2.24) is 10.3 Å². The first-order chi connectivity index (χ1) is 15.7. The Kier molecular flexibility index (Phi) is 8.89. The molecule has 3 aromatic rings. The molecule has 0 spiro atoms. The lowest BCUT2D eigenvalue weighted by Crippen LogP contribution is -2.23. The fourth-order valence-electron chi connectivity index (χ4n) is 2.92. The van der Waals surface area contributed by atoms with Crippen LogP contribution < -0.4 is 19.5 Å². The lowest BCUT2D eigenvalue weighted by molar-refractivity contribution is 0.0934. The lowest BCUT2D eigenvalue weighted by atomic mass is 10.2. The molecule has 0 unspecified atom stereocenters. The average Bonchev–Trinajstić information content (AvgIpc) is 2.82. The van der Waals surface area contributed by atoms with Gasteiger partial charge in [0, 0.05) is 25.4 Å². The second-order valence-electron chi connectivity index (χ2n) is 6.73. The van der Waals surface area contributed by atoms with Crippen LogP contribution >= 0.6 is 0 Å². The van der Waals surface area contributed by atoms with Crippen molar-refractivity contribution in [3.8, 4) is 23.1 Å². The zero-order valence-electron chi connectivity index (χ0n) is 18.4. The lowest BCUT2D eigenvalue weighted by Gasteiger charge is -2.12. The van der Waals surface area contributed by atoms with Crippen molar-refractivity contribution in [2.75, 3.05) is 26.4 Å².